The Balaban J connectivity index is 1.21. The molecule has 2 aromatic rings. The van der Waals surface area contributed by atoms with Gasteiger partial charge in [0, 0.05) is 30.4 Å². The number of rotatable bonds is 5. The van der Waals surface area contributed by atoms with Gasteiger partial charge in [-0.15, -0.1) is 0 Å². The van der Waals surface area contributed by atoms with Crippen molar-refractivity contribution in [1.29, 1.82) is 0 Å². The van der Waals surface area contributed by atoms with E-state index in [-0.39, 0.29) is 37.7 Å². The SMILES string of the molecule is CNC(=O)Nc1ccc2c(c1)COC[C@@H]2OC(=O)NCC(=O)N1Cc2cc(F)ccc2OC[C@H]1C1CC1. The van der Waals surface area contributed by atoms with Crippen LogP contribution in [0.5, 0.6) is 5.75 Å². The maximum Gasteiger partial charge on any atom is 0.408 e. The fourth-order valence-electron chi connectivity index (χ4n) is 4.72. The lowest BCUT2D eigenvalue weighted by Crippen LogP contribution is -2.47. The van der Waals surface area contributed by atoms with Crippen LogP contribution in [0.15, 0.2) is 36.4 Å². The molecular weight excluding hydrogens is 483 g/mol. The molecule has 0 spiro atoms. The van der Waals surface area contributed by atoms with Crippen LogP contribution in [0.3, 0.4) is 0 Å². The van der Waals surface area contributed by atoms with Crippen LogP contribution < -0.4 is 20.7 Å². The van der Waals surface area contributed by atoms with E-state index in [1.165, 1.54) is 19.2 Å². The van der Waals surface area contributed by atoms with Crippen molar-refractivity contribution >= 4 is 23.7 Å². The van der Waals surface area contributed by atoms with Gasteiger partial charge in [-0.3, -0.25) is 4.79 Å². The smallest absolute Gasteiger partial charge is 0.408 e. The van der Waals surface area contributed by atoms with Gasteiger partial charge < -0.3 is 35.1 Å². The summed E-state index contributed by atoms with van der Waals surface area (Å²) in [4.78, 5) is 39.0. The standard InChI is InChI=1S/C26H29FN4O6/c1-28-25(33)30-19-5-6-20-17(9-19)12-35-14-23(20)37-26(34)29-10-24(32)31-11-16-8-18(27)4-7-22(16)36-13-21(31)15-2-3-15/h4-9,15,21,23H,2-3,10-14H2,1H3,(H,29,34)(H2,28,30,33)/t21-,23-/m0/s1. The molecule has 0 radical (unpaired) electrons. The minimum atomic E-state index is -0.747. The Morgan fingerprint density at radius 3 is 2.73 bits per heavy atom. The average Bonchev–Trinajstić information content (AvgIpc) is 3.74. The summed E-state index contributed by atoms with van der Waals surface area (Å²) in [6.07, 6.45) is 0.593. The third-order valence-electron chi connectivity index (χ3n) is 6.79. The highest BCUT2D eigenvalue weighted by atomic mass is 19.1. The van der Waals surface area contributed by atoms with Crippen molar-refractivity contribution in [3.8, 4) is 5.75 Å². The Labute approximate surface area is 213 Å². The number of urea groups is 1. The van der Waals surface area contributed by atoms with E-state index >= 15 is 0 Å². The fourth-order valence-corrected chi connectivity index (χ4v) is 4.72. The van der Waals surface area contributed by atoms with Gasteiger partial charge in [0.2, 0.25) is 5.91 Å². The van der Waals surface area contributed by atoms with Crippen molar-refractivity contribution in [3.05, 3.63) is 58.9 Å². The normalized spacial score (nSPS) is 20.4. The molecule has 2 aliphatic heterocycles. The Kier molecular flexibility index (Phi) is 7.13. The highest BCUT2D eigenvalue weighted by Crippen LogP contribution is 2.38. The summed E-state index contributed by atoms with van der Waals surface area (Å²) in [6.45, 7) is 0.765. The van der Waals surface area contributed by atoms with Crippen molar-refractivity contribution in [3.63, 3.8) is 0 Å². The van der Waals surface area contributed by atoms with Crippen LogP contribution in [0, 0.1) is 11.7 Å². The molecular formula is C26H29FN4O6. The van der Waals surface area contributed by atoms with Crippen molar-refractivity contribution in [2.24, 2.45) is 5.92 Å². The molecule has 2 atom stereocenters. The van der Waals surface area contributed by atoms with E-state index in [1.807, 2.05) is 0 Å². The van der Waals surface area contributed by atoms with Crippen LogP contribution in [0.2, 0.25) is 0 Å². The number of carbonyl (C=O) groups is 3. The molecule has 4 amide bonds. The highest BCUT2D eigenvalue weighted by Gasteiger charge is 2.40. The van der Waals surface area contributed by atoms with Gasteiger partial charge >= 0.3 is 12.1 Å². The van der Waals surface area contributed by atoms with Gasteiger partial charge in [-0.05, 0) is 54.7 Å². The fraction of sp³-hybridized carbons (Fsp3) is 0.423. The quantitative estimate of drug-likeness (QED) is 0.567. The molecule has 2 aromatic carbocycles. The molecule has 2 heterocycles. The molecule has 0 bridgehead atoms. The second-order valence-corrected chi connectivity index (χ2v) is 9.37. The van der Waals surface area contributed by atoms with Crippen LogP contribution in [0.25, 0.3) is 0 Å². The number of hydrogen-bond acceptors (Lipinski definition) is 6. The number of carbonyl (C=O) groups excluding carboxylic acids is 3. The monoisotopic (exact) mass is 512 g/mol. The number of hydrogen-bond donors (Lipinski definition) is 3. The molecule has 5 rings (SSSR count). The average molecular weight is 513 g/mol. The second kappa shape index (κ2) is 10.6. The molecule has 0 aromatic heterocycles. The number of ether oxygens (including phenoxy) is 3. The molecule has 11 heteroatoms. The maximum atomic E-state index is 13.8. The summed E-state index contributed by atoms with van der Waals surface area (Å²) in [5, 5.41) is 7.73. The lowest BCUT2D eigenvalue weighted by Gasteiger charge is -2.30. The van der Waals surface area contributed by atoms with Gasteiger partial charge in [-0.25, -0.2) is 14.0 Å². The Morgan fingerprint density at radius 1 is 1.11 bits per heavy atom. The summed E-state index contributed by atoms with van der Waals surface area (Å²) in [5.74, 6) is 0.209. The Bertz CT molecular complexity index is 1200. The molecule has 196 valence electrons. The maximum absolute atomic E-state index is 13.8. The zero-order valence-electron chi connectivity index (χ0n) is 20.4. The molecule has 10 nitrogen and oxygen atoms in total. The van der Waals surface area contributed by atoms with Gasteiger partial charge in [-0.1, -0.05) is 6.07 Å². The van der Waals surface area contributed by atoms with Gasteiger partial charge in [0.15, 0.2) is 6.10 Å². The zero-order chi connectivity index (χ0) is 25.9. The van der Waals surface area contributed by atoms with Crippen molar-refractivity contribution in [2.45, 2.75) is 38.1 Å². The van der Waals surface area contributed by atoms with E-state index < -0.39 is 18.0 Å². The summed E-state index contributed by atoms with van der Waals surface area (Å²) >= 11 is 0. The van der Waals surface area contributed by atoms with Gasteiger partial charge in [0.1, 0.15) is 24.7 Å². The molecule has 3 N–H and O–H groups in total. The Morgan fingerprint density at radius 2 is 1.95 bits per heavy atom. The first kappa shape index (κ1) is 24.8. The van der Waals surface area contributed by atoms with E-state index in [2.05, 4.69) is 16.0 Å². The summed E-state index contributed by atoms with van der Waals surface area (Å²) in [6, 6.07) is 9.08. The van der Waals surface area contributed by atoms with Gasteiger partial charge in [-0.2, -0.15) is 0 Å². The van der Waals surface area contributed by atoms with Gasteiger partial charge in [0.25, 0.3) is 0 Å². The summed E-state index contributed by atoms with van der Waals surface area (Å²) in [7, 11) is 1.52. The first-order valence-electron chi connectivity index (χ1n) is 12.3. The van der Waals surface area contributed by atoms with E-state index in [0.717, 1.165) is 24.0 Å². The van der Waals surface area contributed by atoms with Crippen LogP contribution >= 0.6 is 0 Å². The summed E-state index contributed by atoms with van der Waals surface area (Å²) < 4.78 is 30.8. The third-order valence-corrected chi connectivity index (χ3v) is 6.79. The molecule has 1 fully saturated rings. The number of fused-ring (bicyclic) bond motifs is 2. The number of alkyl carbamates (subject to hydrolysis) is 1. The van der Waals surface area contributed by atoms with Crippen LogP contribution in [-0.2, 0) is 27.4 Å². The number of benzene rings is 2. The van der Waals surface area contributed by atoms with Crippen LogP contribution in [0.4, 0.5) is 19.7 Å². The first-order valence-corrected chi connectivity index (χ1v) is 12.3. The van der Waals surface area contributed by atoms with Crippen molar-refractivity contribution < 1.29 is 33.0 Å². The van der Waals surface area contributed by atoms with E-state index in [4.69, 9.17) is 14.2 Å². The predicted molar refractivity (Wildman–Crippen MR) is 130 cm³/mol. The highest BCUT2D eigenvalue weighted by molar-refractivity contribution is 5.89. The van der Waals surface area contributed by atoms with E-state index in [9.17, 15) is 18.8 Å². The molecule has 0 unspecified atom stereocenters. The zero-order valence-corrected chi connectivity index (χ0v) is 20.4. The lowest BCUT2D eigenvalue weighted by molar-refractivity contribution is -0.134. The lowest BCUT2D eigenvalue weighted by atomic mass is 10.0. The number of anilines is 1. The predicted octanol–water partition coefficient (Wildman–Crippen LogP) is 3.07. The number of halogens is 1. The molecule has 37 heavy (non-hydrogen) atoms. The Hall–Kier alpha value is -3.86. The second-order valence-electron chi connectivity index (χ2n) is 9.37. The number of nitrogens with one attached hydrogen (secondary N) is 3. The minimum absolute atomic E-state index is 0.142. The topological polar surface area (TPSA) is 118 Å². The summed E-state index contributed by atoms with van der Waals surface area (Å²) in [5.41, 5.74) is 2.75. The van der Waals surface area contributed by atoms with Crippen LogP contribution in [0.1, 0.15) is 35.6 Å². The van der Waals surface area contributed by atoms with Crippen LogP contribution in [-0.4, -0.2) is 55.8 Å². The molecule has 3 aliphatic rings. The van der Waals surface area contributed by atoms with Crippen molar-refractivity contribution in [1.82, 2.24) is 15.5 Å². The molecule has 0 saturated heterocycles. The first-order chi connectivity index (χ1) is 17.9. The van der Waals surface area contributed by atoms with E-state index in [0.29, 0.717) is 36.1 Å². The molecule has 1 aliphatic carbocycles. The van der Waals surface area contributed by atoms with E-state index in [1.54, 1.807) is 29.2 Å². The van der Waals surface area contributed by atoms with Crippen molar-refractivity contribution in [2.75, 3.05) is 32.1 Å². The number of amides is 4. The largest absolute Gasteiger partial charge is 0.491 e. The van der Waals surface area contributed by atoms with Gasteiger partial charge in [0.05, 0.1) is 19.3 Å². The minimum Gasteiger partial charge on any atom is -0.491 e. The third kappa shape index (κ3) is 5.77. The molecule has 1 saturated carbocycles. The number of nitrogens with zero attached hydrogens (tertiary/aromatic N) is 1.